The van der Waals surface area contributed by atoms with Gasteiger partial charge in [0.25, 0.3) is 0 Å². The van der Waals surface area contributed by atoms with Crippen molar-refractivity contribution >= 4 is 51.9 Å². The van der Waals surface area contributed by atoms with E-state index in [2.05, 4.69) is 35.5 Å². The van der Waals surface area contributed by atoms with E-state index in [1.807, 2.05) is 36.4 Å². The molecule has 1 atom stereocenters. The number of nitrogens with zero attached hydrogens (tertiary/aromatic N) is 5. The minimum absolute atomic E-state index is 0. The van der Waals surface area contributed by atoms with E-state index in [1.165, 1.54) is 6.33 Å². The Hall–Kier alpha value is -3.33. The first kappa shape index (κ1) is 20.9. The van der Waals surface area contributed by atoms with E-state index in [9.17, 15) is 5.11 Å². The Labute approximate surface area is 188 Å². The highest BCUT2D eigenvalue weighted by atomic mass is 35.5. The van der Waals surface area contributed by atoms with Crippen LogP contribution in [0.3, 0.4) is 0 Å². The van der Waals surface area contributed by atoms with Crippen LogP contribution in [0.4, 0.5) is 5.82 Å². The van der Waals surface area contributed by atoms with E-state index in [-0.39, 0.29) is 25.1 Å². The second-order valence-electron chi connectivity index (χ2n) is 6.75. The number of nitrogens with one attached hydrogen (secondary N) is 2. The van der Waals surface area contributed by atoms with Gasteiger partial charge in [-0.3, -0.25) is 10.1 Å². The van der Waals surface area contributed by atoms with E-state index in [4.69, 9.17) is 11.6 Å². The summed E-state index contributed by atoms with van der Waals surface area (Å²) in [6, 6.07) is 12.8. The molecule has 0 saturated heterocycles. The predicted molar refractivity (Wildman–Crippen MR) is 122 cm³/mol. The van der Waals surface area contributed by atoms with Gasteiger partial charge in [0, 0.05) is 10.6 Å². The number of aliphatic hydroxyl groups excluding tert-OH is 1. The van der Waals surface area contributed by atoms with Crippen molar-refractivity contribution in [3.63, 3.8) is 0 Å². The number of fused-ring (bicyclic) bond motifs is 2. The summed E-state index contributed by atoms with van der Waals surface area (Å²) in [5.41, 5.74) is 4.69. The SMILES string of the molecule is Cl.OC[C@@H](Nc1cnc2cc(-c3ncnc4[nH]ncc34)ccc2n1)c1cccc(Cl)c1. The monoisotopic (exact) mass is 453 g/mol. The fourth-order valence-electron chi connectivity index (χ4n) is 3.36. The highest BCUT2D eigenvalue weighted by molar-refractivity contribution is 6.30. The fraction of sp³-hybridized carbons (Fsp3) is 0.0952. The molecule has 5 rings (SSSR count). The molecule has 31 heavy (non-hydrogen) atoms. The summed E-state index contributed by atoms with van der Waals surface area (Å²) in [5.74, 6) is 0.563. The highest BCUT2D eigenvalue weighted by Gasteiger charge is 2.13. The Morgan fingerprint density at radius 2 is 1.94 bits per heavy atom. The summed E-state index contributed by atoms with van der Waals surface area (Å²) < 4.78 is 0. The second-order valence-corrected chi connectivity index (χ2v) is 7.18. The van der Waals surface area contributed by atoms with Crippen molar-refractivity contribution in [2.75, 3.05) is 11.9 Å². The first-order chi connectivity index (χ1) is 14.7. The van der Waals surface area contributed by atoms with Crippen LogP contribution in [0.15, 0.2) is 61.2 Å². The highest BCUT2D eigenvalue weighted by Crippen LogP contribution is 2.27. The summed E-state index contributed by atoms with van der Waals surface area (Å²) in [6.45, 7) is -0.104. The Morgan fingerprint density at radius 1 is 1.03 bits per heavy atom. The number of anilines is 1. The fourth-order valence-corrected chi connectivity index (χ4v) is 3.56. The number of benzene rings is 2. The number of aliphatic hydroxyl groups is 1. The maximum absolute atomic E-state index is 9.80. The van der Waals surface area contributed by atoms with Crippen LogP contribution in [0.1, 0.15) is 11.6 Å². The molecular weight excluding hydrogens is 437 g/mol. The third kappa shape index (κ3) is 4.13. The van der Waals surface area contributed by atoms with Crippen LogP contribution in [0.2, 0.25) is 5.02 Å². The first-order valence-corrected chi connectivity index (χ1v) is 9.63. The Kier molecular flexibility index (Phi) is 5.94. The minimum Gasteiger partial charge on any atom is -0.394 e. The molecule has 3 heterocycles. The van der Waals surface area contributed by atoms with Crippen molar-refractivity contribution in [2.45, 2.75) is 6.04 Å². The lowest BCUT2D eigenvalue weighted by Crippen LogP contribution is -2.15. The van der Waals surface area contributed by atoms with Crippen LogP contribution in [-0.2, 0) is 0 Å². The largest absolute Gasteiger partial charge is 0.394 e. The van der Waals surface area contributed by atoms with Crippen molar-refractivity contribution in [1.82, 2.24) is 30.1 Å². The molecule has 0 aliphatic rings. The molecule has 0 aliphatic carbocycles. The van der Waals surface area contributed by atoms with Gasteiger partial charge in [-0.1, -0.05) is 29.8 Å². The van der Waals surface area contributed by atoms with Crippen LogP contribution < -0.4 is 5.32 Å². The molecule has 10 heteroatoms. The zero-order valence-electron chi connectivity index (χ0n) is 16.0. The van der Waals surface area contributed by atoms with Crippen molar-refractivity contribution in [3.8, 4) is 11.3 Å². The number of hydrogen-bond acceptors (Lipinski definition) is 7. The Bertz CT molecular complexity index is 1360. The van der Waals surface area contributed by atoms with Crippen LogP contribution in [-0.4, -0.2) is 41.8 Å². The van der Waals surface area contributed by atoms with Crippen molar-refractivity contribution < 1.29 is 5.11 Å². The van der Waals surface area contributed by atoms with E-state index < -0.39 is 0 Å². The quantitative estimate of drug-likeness (QED) is 0.365. The number of aromatic amines is 1. The topological polar surface area (TPSA) is 112 Å². The maximum atomic E-state index is 9.80. The smallest absolute Gasteiger partial charge is 0.159 e. The normalized spacial score (nSPS) is 11.9. The van der Waals surface area contributed by atoms with Gasteiger partial charge in [-0.15, -0.1) is 12.4 Å². The molecule has 3 N–H and O–H groups in total. The van der Waals surface area contributed by atoms with Gasteiger partial charge in [0.2, 0.25) is 0 Å². The zero-order valence-corrected chi connectivity index (χ0v) is 17.6. The average Bonchev–Trinajstić information content (AvgIpc) is 3.26. The van der Waals surface area contributed by atoms with Crippen LogP contribution >= 0.6 is 24.0 Å². The summed E-state index contributed by atoms with van der Waals surface area (Å²) in [4.78, 5) is 17.7. The number of aromatic nitrogens is 6. The Balaban J connectivity index is 0.00000231. The van der Waals surface area contributed by atoms with Crippen molar-refractivity contribution in [1.29, 1.82) is 0 Å². The molecular formula is C21H17Cl2N7O. The lowest BCUT2D eigenvalue weighted by Gasteiger charge is -2.17. The molecule has 2 aromatic carbocycles. The molecule has 0 unspecified atom stereocenters. The van der Waals surface area contributed by atoms with E-state index in [1.54, 1.807) is 18.5 Å². The van der Waals surface area contributed by atoms with Gasteiger partial charge in [-0.25, -0.2) is 15.0 Å². The standard InChI is InChI=1S/C21H16ClN7O.ClH/c22-14-3-1-2-12(6-14)18(10-30)28-19-9-23-17-7-13(4-5-16(17)27-19)20-15-8-26-29-21(15)25-11-24-20;/h1-9,11,18,30H,10H2,(H,27,28)(H,24,25,26,29);1H/t18-;/m1./s1. The van der Waals surface area contributed by atoms with Gasteiger partial charge in [-0.2, -0.15) is 5.10 Å². The first-order valence-electron chi connectivity index (χ1n) is 9.25. The molecule has 0 saturated carbocycles. The molecule has 0 amide bonds. The van der Waals surface area contributed by atoms with Gasteiger partial charge in [-0.05, 0) is 29.8 Å². The van der Waals surface area contributed by atoms with Gasteiger partial charge >= 0.3 is 0 Å². The van der Waals surface area contributed by atoms with Crippen LogP contribution in [0, 0.1) is 0 Å². The number of H-pyrrole nitrogens is 1. The molecule has 0 radical (unpaired) electrons. The number of halogens is 2. The van der Waals surface area contributed by atoms with Crippen LogP contribution in [0.5, 0.6) is 0 Å². The van der Waals surface area contributed by atoms with Crippen molar-refractivity contribution in [3.05, 3.63) is 71.8 Å². The molecule has 0 bridgehead atoms. The van der Waals surface area contributed by atoms with Gasteiger partial charge in [0.05, 0.1) is 47.2 Å². The summed E-state index contributed by atoms with van der Waals surface area (Å²) in [7, 11) is 0. The molecule has 0 fully saturated rings. The van der Waals surface area contributed by atoms with E-state index >= 15 is 0 Å². The Morgan fingerprint density at radius 3 is 2.77 bits per heavy atom. The third-order valence-electron chi connectivity index (χ3n) is 4.82. The van der Waals surface area contributed by atoms with Gasteiger partial charge in [0.1, 0.15) is 12.1 Å². The van der Waals surface area contributed by atoms with Crippen molar-refractivity contribution in [2.24, 2.45) is 0 Å². The molecule has 5 aromatic rings. The second kappa shape index (κ2) is 8.81. The molecule has 3 aromatic heterocycles. The number of rotatable bonds is 5. The van der Waals surface area contributed by atoms with Gasteiger partial charge in [0.15, 0.2) is 5.65 Å². The third-order valence-corrected chi connectivity index (χ3v) is 5.05. The van der Waals surface area contributed by atoms with Gasteiger partial charge < -0.3 is 10.4 Å². The lowest BCUT2D eigenvalue weighted by atomic mass is 10.1. The average molecular weight is 454 g/mol. The molecule has 8 nitrogen and oxygen atoms in total. The molecule has 0 aliphatic heterocycles. The maximum Gasteiger partial charge on any atom is 0.159 e. The molecule has 0 spiro atoms. The summed E-state index contributed by atoms with van der Waals surface area (Å²) in [5, 5.41) is 21.4. The van der Waals surface area contributed by atoms with Crippen LogP contribution in [0.25, 0.3) is 33.3 Å². The lowest BCUT2D eigenvalue weighted by molar-refractivity contribution is 0.276. The predicted octanol–water partition coefficient (Wildman–Crippen LogP) is 4.18. The summed E-state index contributed by atoms with van der Waals surface area (Å²) >= 11 is 6.07. The molecule has 156 valence electrons. The summed E-state index contributed by atoms with van der Waals surface area (Å²) in [6.07, 6.45) is 4.86. The minimum atomic E-state index is -0.342. The van der Waals surface area contributed by atoms with E-state index in [0.717, 1.165) is 33.2 Å². The zero-order chi connectivity index (χ0) is 20.5. The number of hydrogen-bond donors (Lipinski definition) is 3. The van der Waals surface area contributed by atoms with E-state index in [0.29, 0.717) is 16.5 Å².